The number of nitrogens with zero attached hydrogens (tertiary/aromatic N) is 3. The van der Waals surface area contributed by atoms with Gasteiger partial charge in [0, 0.05) is 44.0 Å². The molecule has 1 atom stereocenters. The number of anilines is 1. The van der Waals surface area contributed by atoms with Crippen molar-refractivity contribution in [2.75, 3.05) is 50.7 Å². The number of amidine groups is 1. The Kier molecular flexibility index (Phi) is 5.38. The Morgan fingerprint density at radius 3 is 2.38 bits per heavy atom. The normalized spacial score (nSPS) is 21.6. The number of nitrogens with one attached hydrogen (secondary N) is 1. The average molecular weight is 361 g/mol. The minimum Gasteiger partial charge on any atom is -0.480 e. The Bertz CT molecular complexity index is 685. The zero-order valence-electron chi connectivity index (χ0n) is 14.4. The van der Waals surface area contributed by atoms with Crippen molar-refractivity contribution in [3.05, 3.63) is 29.8 Å². The fourth-order valence-electron chi connectivity index (χ4n) is 3.26. The third kappa shape index (κ3) is 4.30. The minimum absolute atomic E-state index is 0.0135. The van der Waals surface area contributed by atoms with Crippen LogP contribution in [0.4, 0.5) is 10.5 Å². The molecule has 0 radical (unpaired) electrons. The molecule has 26 heavy (non-hydrogen) atoms. The predicted octanol–water partition coefficient (Wildman–Crippen LogP) is -0.00193. The number of carbonyl (C=O) groups is 2. The van der Waals surface area contributed by atoms with Crippen molar-refractivity contribution < 1.29 is 19.4 Å². The highest BCUT2D eigenvalue weighted by atomic mass is 16.6. The lowest BCUT2D eigenvalue weighted by molar-refractivity contribution is -0.138. The number of benzene rings is 1. The lowest BCUT2D eigenvalue weighted by atomic mass is 10.2. The van der Waals surface area contributed by atoms with Gasteiger partial charge in [-0.3, -0.25) is 24.9 Å². The fourth-order valence-corrected chi connectivity index (χ4v) is 3.26. The second kappa shape index (κ2) is 7.71. The summed E-state index contributed by atoms with van der Waals surface area (Å²) in [5.41, 5.74) is 6.77. The van der Waals surface area contributed by atoms with Crippen LogP contribution in [-0.4, -0.2) is 84.7 Å². The van der Waals surface area contributed by atoms with Crippen molar-refractivity contribution >= 4 is 23.6 Å². The molecule has 1 amide bonds. The molecule has 140 valence electrons. The standard InChI is InChI=1S/C17H23N5O4/c18-16(19)12-1-3-13(4-2-12)22-10-14(26-17(22)25)9-20-5-7-21(8-6-20)11-15(23)24/h1-4,14H,5-11H2,(H3,18,19)(H,23,24). The van der Waals surface area contributed by atoms with E-state index in [-0.39, 0.29) is 24.6 Å². The predicted molar refractivity (Wildman–Crippen MR) is 95.6 cm³/mol. The van der Waals surface area contributed by atoms with Crippen LogP contribution in [0.5, 0.6) is 0 Å². The summed E-state index contributed by atoms with van der Waals surface area (Å²) in [4.78, 5) is 28.6. The fraction of sp³-hybridized carbons (Fsp3) is 0.471. The Morgan fingerprint density at radius 2 is 1.81 bits per heavy atom. The number of amides is 1. The first-order valence-corrected chi connectivity index (χ1v) is 8.51. The monoisotopic (exact) mass is 361 g/mol. The number of rotatable bonds is 6. The molecule has 9 nitrogen and oxygen atoms in total. The van der Waals surface area contributed by atoms with Gasteiger partial charge >= 0.3 is 12.1 Å². The van der Waals surface area contributed by atoms with E-state index in [0.717, 1.165) is 13.1 Å². The highest BCUT2D eigenvalue weighted by Gasteiger charge is 2.34. The molecule has 9 heteroatoms. The zero-order chi connectivity index (χ0) is 18.7. The second-order valence-electron chi connectivity index (χ2n) is 6.55. The molecule has 0 spiro atoms. The van der Waals surface area contributed by atoms with Gasteiger partial charge in [0.25, 0.3) is 0 Å². The molecule has 2 aliphatic rings. The van der Waals surface area contributed by atoms with Crippen LogP contribution >= 0.6 is 0 Å². The topological polar surface area (TPSA) is 123 Å². The first-order chi connectivity index (χ1) is 12.4. The molecule has 0 aliphatic carbocycles. The smallest absolute Gasteiger partial charge is 0.414 e. The van der Waals surface area contributed by atoms with Crippen LogP contribution in [0.3, 0.4) is 0 Å². The quantitative estimate of drug-likeness (QED) is 0.481. The highest BCUT2D eigenvalue weighted by molar-refractivity contribution is 5.96. The summed E-state index contributed by atoms with van der Waals surface area (Å²) in [6.45, 7) is 4.08. The molecule has 0 saturated carbocycles. The maximum Gasteiger partial charge on any atom is 0.414 e. The van der Waals surface area contributed by atoms with E-state index in [1.807, 2.05) is 4.90 Å². The number of piperazine rings is 1. The SMILES string of the molecule is N=C(N)c1ccc(N2CC(CN3CCN(CC(=O)O)CC3)OC2=O)cc1. The van der Waals surface area contributed by atoms with Gasteiger partial charge in [0.15, 0.2) is 0 Å². The van der Waals surface area contributed by atoms with Gasteiger partial charge in [-0.25, -0.2) is 4.79 Å². The van der Waals surface area contributed by atoms with Gasteiger partial charge in [0.05, 0.1) is 13.1 Å². The average Bonchev–Trinajstić information content (AvgIpc) is 2.96. The van der Waals surface area contributed by atoms with E-state index < -0.39 is 5.97 Å². The molecule has 3 rings (SSSR count). The third-order valence-corrected chi connectivity index (χ3v) is 4.65. The number of hydrogen-bond acceptors (Lipinski definition) is 6. The van der Waals surface area contributed by atoms with Crippen molar-refractivity contribution in [2.45, 2.75) is 6.10 Å². The Balaban J connectivity index is 1.52. The third-order valence-electron chi connectivity index (χ3n) is 4.65. The summed E-state index contributed by atoms with van der Waals surface area (Å²) in [6, 6.07) is 6.93. The molecule has 1 unspecified atom stereocenters. The molecule has 0 bridgehead atoms. The van der Waals surface area contributed by atoms with E-state index in [1.165, 1.54) is 0 Å². The van der Waals surface area contributed by atoms with Gasteiger partial charge in [0.2, 0.25) is 0 Å². The van der Waals surface area contributed by atoms with Gasteiger partial charge in [-0.05, 0) is 24.3 Å². The summed E-state index contributed by atoms with van der Waals surface area (Å²) >= 11 is 0. The van der Waals surface area contributed by atoms with Crippen molar-refractivity contribution in [1.29, 1.82) is 5.41 Å². The molecule has 2 saturated heterocycles. The molecule has 2 aliphatic heterocycles. The van der Waals surface area contributed by atoms with E-state index in [0.29, 0.717) is 37.4 Å². The van der Waals surface area contributed by atoms with E-state index >= 15 is 0 Å². The highest BCUT2D eigenvalue weighted by Crippen LogP contribution is 2.22. The van der Waals surface area contributed by atoms with Crippen LogP contribution in [0, 0.1) is 5.41 Å². The number of carboxylic acids is 1. The molecule has 0 aromatic heterocycles. The van der Waals surface area contributed by atoms with Crippen LogP contribution in [0.15, 0.2) is 24.3 Å². The number of hydrogen-bond donors (Lipinski definition) is 3. The van der Waals surface area contributed by atoms with E-state index in [1.54, 1.807) is 29.2 Å². The van der Waals surface area contributed by atoms with Crippen molar-refractivity contribution in [2.24, 2.45) is 5.73 Å². The zero-order valence-corrected chi connectivity index (χ0v) is 14.4. The lowest BCUT2D eigenvalue weighted by Crippen LogP contribution is -2.50. The van der Waals surface area contributed by atoms with Gasteiger partial charge in [-0.1, -0.05) is 0 Å². The summed E-state index contributed by atoms with van der Waals surface area (Å²) in [7, 11) is 0. The summed E-state index contributed by atoms with van der Waals surface area (Å²) < 4.78 is 5.47. The number of carbonyl (C=O) groups excluding carboxylic acids is 1. The maximum atomic E-state index is 12.2. The summed E-state index contributed by atoms with van der Waals surface area (Å²) in [6.07, 6.45) is -0.601. The first-order valence-electron chi connectivity index (χ1n) is 8.51. The van der Waals surface area contributed by atoms with Crippen LogP contribution in [0.2, 0.25) is 0 Å². The summed E-state index contributed by atoms with van der Waals surface area (Å²) in [5, 5.41) is 16.3. The number of nitrogen functional groups attached to an aromatic ring is 1. The van der Waals surface area contributed by atoms with Gasteiger partial charge < -0.3 is 15.6 Å². The van der Waals surface area contributed by atoms with Gasteiger partial charge in [-0.15, -0.1) is 0 Å². The second-order valence-corrected chi connectivity index (χ2v) is 6.55. The van der Waals surface area contributed by atoms with E-state index in [2.05, 4.69) is 4.90 Å². The van der Waals surface area contributed by atoms with Crippen LogP contribution < -0.4 is 10.6 Å². The summed E-state index contributed by atoms with van der Waals surface area (Å²) in [5.74, 6) is -0.824. The Morgan fingerprint density at radius 1 is 1.19 bits per heavy atom. The first kappa shape index (κ1) is 18.2. The number of ether oxygens (including phenoxy) is 1. The number of cyclic esters (lactones) is 1. The number of carboxylic acid groups (broad SMARTS) is 1. The van der Waals surface area contributed by atoms with Crippen molar-refractivity contribution in [1.82, 2.24) is 9.80 Å². The van der Waals surface area contributed by atoms with Gasteiger partial charge in [-0.2, -0.15) is 0 Å². The van der Waals surface area contributed by atoms with E-state index in [9.17, 15) is 9.59 Å². The minimum atomic E-state index is -0.811. The van der Waals surface area contributed by atoms with Crippen molar-refractivity contribution in [3.8, 4) is 0 Å². The molecule has 2 heterocycles. The molecule has 1 aromatic carbocycles. The molecule has 2 fully saturated rings. The van der Waals surface area contributed by atoms with Crippen LogP contribution in [0.1, 0.15) is 5.56 Å². The van der Waals surface area contributed by atoms with E-state index in [4.69, 9.17) is 21.0 Å². The lowest BCUT2D eigenvalue weighted by Gasteiger charge is -2.34. The van der Waals surface area contributed by atoms with Gasteiger partial charge in [0.1, 0.15) is 11.9 Å². The Labute approximate surface area is 151 Å². The van der Waals surface area contributed by atoms with Crippen LogP contribution in [0.25, 0.3) is 0 Å². The number of nitrogens with two attached hydrogens (primary N) is 1. The van der Waals surface area contributed by atoms with Crippen molar-refractivity contribution in [3.63, 3.8) is 0 Å². The molecule has 1 aromatic rings. The number of aliphatic carboxylic acids is 1. The van der Waals surface area contributed by atoms with Crippen LogP contribution in [-0.2, 0) is 9.53 Å². The molecular weight excluding hydrogens is 338 g/mol. The maximum absolute atomic E-state index is 12.2. The Hall–Kier alpha value is -2.65. The molecule has 4 N–H and O–H groups in total. The largest absolute Gasteiger partial charge is 0.480 e. The molecular formula is C17H23N5O4.